The highest BCUT2D eigenvalue weighted by Gasteiger charge is 2.40. The summed E-state index contributed by atoms with van der Waals surface area (Å²) in [6.45, 7) is 4.57. The zero-order valence-corrected chi connectivity index (χ0v) is 18.5. The van der Waals surface area contributed by atoms with Crippen molar-refractivity contribution in [3.8, 4) is 0 Å². The van der Waals surface area contributed by atoms with Crippen LogP contribution >= 0.6 is 0 Å². The van der Waals surface area contributed by atoms with E-state index in [-0.39, 0.29) is 10.7 Å². The molecule has 4 rings (SSSR count). The highest BCUT2D eigenvalue weighted by atomic mass is 32.2. The minimum atomic E-state index is -3.80. The van der Waals surface area contributed by atoms with Gasteiger partial charge in [0, 0.05) is 13.0 Å². The predicted molar refractivity (Wildman–Crippen MR) is 111 cm³/mol. The van der Waals surface area contributed by atoms with Crippen LogP contribution in [-0.4, -0.2) is 41.2 Å². The molecule has 10 heteroatoms. The fourth-order valence-electron chi connectivity index (χ4n) is 3.83. The lowest BCUT2D eigenvalue weighted by atomic mass is 10.1. The molecule has 0 N–H and O–H groups in total. The average Bonchev–Trinajstić information content (AvgIpc) is 3.38. The Labute approximate surface area is 181 Å². The fourth-order valence-corrected chi connectivity index (χ4v) is 5.78. The number of sulfonamides is 1. The lowest BCUT2D eigenvalue weighted by molar-refractivity contribution is 0.122. The van der Waals surface area contributed by atoms with E-state index in [1.807, 2.05) is 30.3 Å². The second-order valence-corrected chi connectivity index (χ2v) is 9.45. The fraction of sp³-hybridized carbons (Fsp3) is 0.476. The topological polar surface area (TPSA) is 112 Å². The molecule has 0 saturated carbocycles. The van der Waals surface area contributed by atoms with Crippen LogP contribution in [0.1, 0.15) is 54.0 Å². The molecule has 1 aliphatic rings. The van der Waals surface area contributed by atoms with E-state index in [4.69, 9.17) is 13.8 Å². The molecule has 1 aromatic carbocycles. The van der Waals surface area contributed by atoms with Crippen LogP contribution in [0.5, 0.6) is 0 Å². The zero-order chi connectivity index (χ0) is 21.8. The third kappa shape index (κ3) is 4.70. The molecule has 1 fully saturated rings. The Kier molecular flexibility index (Phi) is 6.49. The molecule has 3 heterocycles. The third-order valence-electron chi connectivity index (χ3n) is 5.34. The summed E-state index contributed by atoms with van der Waals surface area (Å²) >= 11 is 0. The summed E-state index contributed by atoms with van der Waals surface area (Å²) < 4.78 is 44.3. The van der Waals surface area contributed by atoms with Gasteiger partial charge in [-0.25, -0.2) is 8.42 Å². The van der Waals surface area contributed by atoms with E-state index in [0.29, 0.717) is 50.0 Å². The maximum absolute atomic E-state index is 13.3. The molecular weight excluding hydrogens is 420 g/mol. The van der Waals surface area contributed by atoms with Crippen molar-refractivity contribution < 1.29 is 22.2 Å². The van der Waals surface area contributed by atoms with Crippen LogP contribution in [0.3, 0.4) is 0 Å². The number of piperidine rings is 1. The summed E-state index contributed by atoms with van der Waals surface area (Å²) in [6.07, 6.45) is 2.76. The lowest BCUT2D eigenvalue weighted by Gasteiger charge is -2.32. The normalized spacial score (nSPS) is 17.8. The zero-order valence-electron chi connectivity index (χ0n) is 17.7. The molecule has 1 aliphatic heterocycles. The molecule has 9 nitrogen and oxygen atoms in total. The highest BCUT2D eigenvalue weighted by molar-refractivity contribution is 7.89. The van der Waals surface area contributed by atoms with Gasteiger partial charge in [0.1, 0.15) is 16.6 Å². The molecule has 1 atom stereocenters. The van der Waals surface area contributed by atoms with Crippen molar-refractivity contribution >= 4 is 10.0 Å². The number of aromatic nitrogens is 3. The van der Waals surface area contributed by atoms with E-state index < -0.39 is 16.1 Å². The van der Waals surface area contributed by atoms with Crippen molar-refractivity contribution in [1.29, 1.82) is 0 Å². The quantitative estimate of drug-likeness (QED) is 0.484. The molecular formula is C21H26N4O5S. The Hall–Kier alpha value is -2.56. The number of rotatable bonds is 8. The molecule has 0 spiro atoms. The molecule has 0 aliphatic carbocycles. The van der Waals surface area contributed by atoms with Crippen LogP contribution < -0.4 is 0 Å². The first-order valence-corrected chi connectivity index (χ1v) is 11.8. The maximum Gasteiger partial charge on any atom is 0.249 e. The van der Waals surface area contributed by atoms with Crippen molar-refractivity contribution in [3.63, 3.8) is 0 Å². The number of hydrogen-bond donors (Lipinski definition) is 0. The van der Waals surface area contributed by atoms with Crippen LogP contribution in [0.4, 0.5) is 0 Å². The second-order valence-electron chi connectivity index (χ2n) is 7.62. The predicted octanol–water partition coefficient (Wildman–Crippen LogP) is 3.35. The summed E-state index contributed by atoms with van der Waals surface area (Å²) in [6, 6.07) is 9.41. The SMILES string of the molecule is Cc1noc(C)c1S(=O)(=O)N1CCCCC1c1nc(CCOCc2ccccc2)no1. The molecule has 0 amide bonds. The second kappa shape index (κ2) is 9.29. The highest BCUT2D eigenvalue weighted by Crippen LogP contribution is 2.36. The van der Waals surface area contributed by atoms with Gasteiger partial charge in [0.05, 0.1) is 13.2 Å². The molecule has 166 valence electrons. The molecule has 2 aromatic heterocycles. The average molecular weight is 447 g/mol. The first kappa shape index (κ1) is 21.7. The van der Waals surface area contributed by atoms with Crippen LogP contribution in [0, 0.1) is 13.8 Å². The van der Waals surface area contributed by atoms with Gasteiger partial charge in [-0.2, -0.15) is 9.29 Å². The third-order valence-corrected chi connectivity index (χ3v) is 7.49. The smallest absolute Gasteiger partial charge is 0.249 e. The van der Waals surface area contributed by atoms with Crippen LogP contribution in [0.15, 0.2) is 44.3 Å². The van der Waals surface area contributed by atoms with Gasteiger partial charge >= 0.3 is 0 Å². The Balaban J connectivity index is 1.44. The largest absolute Gasteiger partial charge is 0.376 e. The minimum absolute atomic E-state index is 0.119. The van der Waals surface area contributed by atoms with Crippen molar-refractivity contribution in [3.05, 3.63) is 59.1 Å². The summed E-state index contributed by atoms with van der Waals surface area (Å²) in [4.78, 5) is 4.58. The van der Waals surface area contributed by atoms with Crippen molar-refractivity contribution in [2.45, 2.75) is 57.1 Å². The van der Waals surface area contributed by atoms with Gasteiger partial charge in [-0.1, -0.05) is 47.1 Å². The number of hydrogen-bond acceptors (Lipinski definition) is 8. The Morgan fingerprint density at radius 3 is 2.68 bits per heavy atom. The van der Waals surface area contributed by atoms with E-state index in [2.05, 4.69) is 15.3 Å². The number of aryl methyl sites for hydroxylation is 2. The van der Waals surface area contributed by atoms with Crippen LogP contribution in [0.25, 0.3) is 0 Å². The minimum Gasteiger partial charge on any atom is -0.376 e. The lowest BCUT2D eigenvalue weighted by Crippen LogP contribution is -2.39. The van der Waals surface area contributed by atoms with Crippen LogP contribution in [0.2, 0.25) is 0 Å². The first-order chi connectivity index (χ1) is 15.0. The molecule has 1 unspecified atom stereocenters. The number of nitrogens with zero attached hydrogens (tertiary/aromatic N) is 4. The van der Waals surface area contributed by atoms with Gasteiger partial charge in [0.25, 0.3) is 0 Å². The summed E-state index contributed by atoms with van der Waals surface area (Å²) in [7, 11) is -3.80. The Morgan fingerprint density at radius 2 is 1.94 bits per heavy atom. The Morgan fingerprint density at radius 1 is 1.13 bits per heavy atom. The molecule has 3 aromatic rings. The molecule has 1 saturated heterocycles. The van der Waals surface area contributed by atoms with Gasteiger partial charge in [-0.05, 0) is 32.3 Å². The van der Waals surface area contributed by atoms with Gasteiger partial charge in [0.2, 0.25) is 15.9 Å². The van der Waals surface area contributed by atoms with E-state index in [9.17, 15) is 8.42 Å². The van der Waals surface area contributed by atoms with E-state index in [1.54, 1.807) is 13.8 Å². The van der Waals surface area contributed by atoms with Crippen molar-refractivity contribution in [1.82, 2.24) is 19.6 Å². The number of ether oxygens (including phenoxy) is 1. The monoisotopic (exact) mass is 446 g/mol. The maximum atomic E-state index is 13.3. The van der Waals surface area contributed by atoms with Crippen LogP contribution in [-0.2, 0) is 27.8 Å². The molecule has 0 bridgehead atoms. The standard InChI is InChI=1S/C21H26N4O5S/c1-15-20(16(2)29-23-15)31(26,27)25-12-7-6-10-18(25)21-22-19(24-30-21)11-13-28-14-17-8-4-3-5-9-17/h3-5,8-9,18H,6-7,10-14H2,1-2H3. The summed E-state index contributed by atoms with van der Waals surface area (Å²) in [5, 5.41) is 7.83. The Bertz CT molecular complexity index is 1090. The van der Waals surface area contributed by atoms with Gasteiger partial charge in [0.15, 0.2) is 11.6 Å². The van der Waals surface area contributed by atoms with Gasteiger partial charge in [-0.3, -0.25) is 0 Å². The molecule has 31 heavy (non-hydrogen) atoms. The van der Waals surface area contributed by atoms with E-state index in [0.717, 1.165) is 18.4 Å². The van der Waals surface area contributed by atoms with Gasteiger partial charge < -0.3 is 13.8 Å². The first-order valence-electron chi connectivity index (χ1n) is 10.4. The van der Waals surface area contributed by atoms with Crippen molar-refractivity contribution in [2.24, 2.45) is 0 Å². The van der Waals surface area contributed by atoms with E-state index >= 15 is 0 Å². The van der Waals surface area contributed by atoms with E-state index in [1.165, 1.54) is 4.31 Å². The number of benzene rings is 1. The summed E-state index contributed by atoms with van der Waals surface area (Å²) in [5.41, 5.74) is 1.45. The van der Waals surface area contributed by atoms with Crippen molar-refractivity contribution in [2.75, 3.05) is 13.2 Å². The molecule has 0 radical (unpaired) electrons. The van der Waals surface area contributed by atoms with Gasteiger partial charge in [-0.15, -0.1) is 0 Å². The summed E-state index contributed by atoms with van der Waals surface area (Å²) in [5.74, 6) is 1.10.